The number of carbonyl (C=O) groups is 1. The van der Waals surface area contributed by atoms with Crippen molar-refractivity contribution in [2.75, 3.05) is 11.5 Å². The number of fused-ring (bicyclic) bond motifs is 1. The number of carboxylic acid groups (broad SMARTS) is 1. The minimum atomic E-state index is -0.902. The minimum absolute atomic E-state index is 0.298. The molecule has 3 rings (SSSR count). The molecule has 1 fully saturated rings. The lowest BCUT2D eigenvalue weighted by Crippen LogP contribution is -2.15. The van der Waals surface area contributed by atoms with Crippen LogP contribution >= 0.6 is 11.8 Å². The summed E-state index contributed by atoms with van der Waals surface area (Å²) in [4.78, 5) is 15.3. The lowest BCUT2D eigenvalue weighted by molar-refractivity contribution is 0.0697. The third-order valence-corrected chi connectivity index (χ3v) is 4.71. The third kappa shape index (κ3) is 2.61. The molecule has 2 heterocycles. The summed E-state index contributed by atoms with van der Waals surface area (Å²) in [5.41, 5.74) is 2.10. The molecule has 0 atom stereocenters. The van der Waals surface area contributed by atoms with E-state index in [0.29, 0.717) is 5.56 Å². The Kier molecular flexibility index (Phi) is 3.46. The predicted molar refractivity (Wildman–Crippen MR) is 76.7 cm³/mol. The fourth-order valence-corrected chi connectivity index (χ4v) is 3.75. The van der Waals surface area contributed by atoms with E-state index in [1.807, 2.05) is 24.2 Å². The molecule has 0 saturated carbocycles. The Bertz CT molecular complexity index is 603. The first-order chi connectivity index (χ1) is 9.24. The number of nitrogens with zero attached hydrogens (tertiary/aromatic N) is 2. The molecule has 0 aliphatic carbocycles. The van der Waals surface area contributed by atoms with Crippen LogP contribution in [0.2, 0.25) is 0 Å². The molecule has 1 aromatic carbocycles. The first-order valence-electron chi connectivity index (χ1n) is 6.50. The molecule has 0 amide bonds. The van der Waals surface area contributed by atoms with Gasteiger partial charge < -0.3 is 9.67 Å². The van der Waals surface area contributed by atoms with Crippen LogP contribution in [0.15, 0.2) is 24.5 Å². The van der Waals surface area contributed by atoms with Gasteiger partial charge in [0.15, 0.2) is 0 Å². The summed E-state index contributed by atoms with van der Waals surface area (Å²) in [6.45, 7) is 0.990. The van der Waals surface area contributed by atoms with E-state index in [4.69, 9.17) is 5.11 Å². The van der Waals surface area contributed by atoms with Gasteiger partial charge in [0, 0.05) is 6.54 Å². The Balaban J connectivity index is 1.86. The van der Waals surface area contributed by atoms with Gasteiger partial charge in [-0.05, 0) is 48.5 Å². The monoisotopic (exact) mass is 276 g/mol. The van der Waals surface area contributed by atoms with Crippen molar-refractivity contribution in [1.82, 2.24) is 9.55 Å². The van der Waals surface area contributed by atoms with Crippen LogP contribution < -0.4 is 0 Å². The maximum Gasteiger partial charge on any atom is 0.335 e. The fourth-order valence-electron chi connectivity index (χ4n) is 2.55. The second-order valence-electron chi connectivity index (χ2n) is 4.96. The average Bonchev–Trinajstić information content (AvgIpc) is 2.82. The second-order valence-corrected chi connectivity index (χ2v) is 6.19. The van der Waals surface area contributed by atoms with Gasteiger partial charge in [-0.2, -0.15) is 11.8 Å². The zero-order valence-electron chi connectivity index (χ0n) is 10.6. The lowest BCUT2D eigenvalue weighted by atomic mass is 10.0. The van der Waals surface area contributed by atoms with E-state index in [-0.39, 0.29) is 0 Å². The van der Waals surface area contributed by atoms with E-state index in [1.165, 1.54) is 24.3 Å². The van der Waals surface area contributed by atoms with Crippen LogP contribution in [0, 0.1) is 5.92 Å². The van der Waals surface area contributed by atoms with E-state index in [9.17, 15) is 4.79 Å². The maximum atomic E-state index is 10.9. The van der Waals surface area contributed by atoms with Crippen LogP contribution in [0.5, 0.6) is 0 Å². The number of benzene rings is 1. The number of aromatic nitrogens is 2. The molecule has 0 radical (unpaired) electrons. The Hall–Kier alpha value is -1.49. The number of hydrogen-bond donors (Lipinski definition) is 1. The normalized spacial score (nSPS) is 16.8. The topological polar surface area (TPSA) is 55.1 Å². The highest BCUT2D eigenvalue weighted by Gasteiger charge is 2.15. The molecule has 4 nitrogen and oxygen atoms in total. The minimum Gasteiger partial charge on any atom is -0.478 e. The molecule has 100 valence electrons. The van der Waals surface area contributed by atoms with Crippen LogP contribution in [0.1, 0.15) is 23.2 Å². The van der Waals surface area contributed by atoms with Crippen LogP contribution in [0.25, 0.3) is 11.0 Å². The van der Waals surface area contributed by atoms with E-state index in [1.54, 1.807) is 12.1 Å². The van der Waals surface area contributed by atoms with Crippen molar-refractivity contribution < 1.29 is 9.90 Å². The van der Waals surface area contributed by atoms with Crippen molar-refractivity contribution in [3.63, 3.8) is 0 Å². The molecule has 1 saturated heterocycles. The number of imidazole rings is 1. The molecule has 1 aliphatic rings. The van der Waals surface area contributed by atoms with E-state index in [0.717, 1.165) is 23.5 Å². The zero-order chi connectivity index (χ0) is 13.2. The summed E-state index contributed by atoms with van der Waals surface area (Å²) in [5.74, 6) is 2.32. The van der Waals surface area contributed by atoms with Crippen LogP contribution in [-0.4, -0.2) is 32.1 Å². The summed E-state index contributed by atoms with van der Waals surface area (Å²) >= 11 is 2.03. The van der Waals surface area contributed by atoms with Crippen molar-refractivity contribution in [2.45, 2.75) is 19.4 Å². The van der Waals surface area contributed by atoms with E-state index < -0.39 is 5.97 Å². The first-order valence-corrected chi connectivity index (χ1v) is 7.65. The summed E-state index contributed by atoms with van der Waals surface area (Å²) in [7, 11) is 0. The fraction of sp³-hybridized carbons (Fsp3) is 0.429. The van der Waals surface area contributed by atoms with Crippen LogP contribution in [-0.2, 0) is 6.54 Å². The van der Waals surface area contributed by atoms with Gasteiger partial charge in [-0.1, -0.05) is 0 Å². The van der Waals surface area contributed by atoms with Gasteiger partial charge in [0.1, 0.15) is 0 Å². The lowest BCUT2D eigenvalue weighted by Gasteiger charge is -2.21. The summed E-state index contributed by atoms with van der Waals surface area (Å²) in [6, 6.07) is 5.16. The third-order valence-electron chi connectivity index (χ3n) is 3.66. The van der Waals surface area contributed by atoms with Crippen molar-refractivity contribution in [3.8, 4) is 0 Å². The number of aromatic carboxylic acids is 1. The predicted octanol–water partition coefficient (Wildman–Crippen LogP) is 2.88. The van der Waals surface area contributed by atoms with Crippen molar-refractivity contribution in [1.29, 1.82) is 0 Å². The van der Waals surface area contributed by atoms with E-state index in [2.05, 4.69) is 9.55 Å². The highest BCUT2D eigenvalue weighted by atomic mass is 32.2. The largest absolute Gasteiger partial charge is 0.478 e. The number of rotatable bonds is 3. The highest BCUT2D eigenvalue weighted by molar-refractivity contribution is 7.99. The Morgan fingerprint density at radius 1 is 1.42 bits per heavy atom. The average molecular weight is 276 g/mol. The molecule has 0 spiro atoms. The number of hydrogen-bond acceptors (Lipinski definition) is 3. The number of carboxylic acids is 1. The van der Waals surface area contributed by atoms with Gasteiger partial charge in [-0.3, -0.25) is 0 Å². The molecule has 1 aromatic heterocycles. The molecule has 0 bridgehead atoms. The zero-order valence-corrected chi connectivity index (χ0v) is 11.4. The van der Waals surface area contributed by atoms with Crippen LogP contribution in [0.4, 0.5) is 0 Å². The molecular formula is C14H16N2O2S. The highest BCUT2D eigenvalue weighted by Crippen LogP contribution is 2.25. The molecule has 1 aliphatic heterocycles. The maximum absolute atomic E-state index is 10.9. The quantitative estimate of drug-likeness (QED) is 0.936. The van der Waals surface area contributed by atoms with Gasteiger partial charge in [-0.15, -0.1) is 0 Å². The Labute approximate surface area is 115 Å². The summed E-state index contributed by atoms with van der Waals surface area (Å²) in [6.07, 6.45) is 4.35. The van der Waals surface area contributed by atoms with Gasteiger partial charge in [0.05, 0.1) is 22.9 Å². The van der Waals surface area contributed by atoms with Gasteiger partial charge >= 0.3 is 5.97 Å². The SMILES string of the molecule is O=C(O)c1ccc2c(c1)ncn2CC1CCSCC1. The Morgan fingerprint density at radius 2 is 2.21 bits per heavy atom. The summed E-state index contributed by atoms with van der Waals surface area (Å²) in [5, 5.41) is 8.98. The van der Waals surface area contributed by atoms with Gasteiger partial charge in [0.25, 0.3) is 0 Å². The molecule has 5 heteroatoms. The van der Waals surface area contributed by atoms with Crippen LogP contribution in [0.3, 0.4) is 0 Å². The van der Waals surface area contributed by atoms with Crippen molar-refractivity contribution in [2.24, 2.45) is 5.92 Å². The van der Waals surface area contributed by atoms with E-state index >= 15 is 0 Å². The molecule has 19 heavy (non-hydrogen) atoms. The number of thioether (sulfide) groups is 1. The standard InChI is InChI=1S/C14H16N2O2S/c17-14(18)11-1-2-13-12(7-11)15-9-16(13)8-10-3-5-19-6-4-10/h1-2,7,9-10H,3-6,8H2,(H,17,18). The second kappa shape index (κ2) is 5.25. The molecule has 1 N–H and O–H groups in total. The van der Waals surface area contributed by atoms with Crippen molar-refractivity contribution >= 4 is 28.8 Å². The van der Waals surface area contributed by atoms with Gasteiger partial charge in [0.2, 0.25) is 0 Å². The van der Waals surface area contributed by atoms with Gasteiger partial charge in [-0.25, -0.2) is 9.78 Å². The molecule has 2 aromatic rings. The first kappa shape index (κ1) is 12.5. The molecule has 0 unspecified atom stereocenters. The van der Waals surface area contributed by atoms with Crippen molar-refractivity contribution in [3.05, 3.63) is 30.1 Å². The Morgan fingerprint density at radius 3 is 2.95 bits per heavy atom. The smallest absolute Gasteiger partial charge is 0.335 e. The molecular weight excluding hydrogens is 260 g/mol. The summed E-state index contributed by atoms with van der Waals surface area (Å²) < 4.78 is 2.15.